The summed E-state index contributed by atoms with van der Waals surface area (Å²) in [7, 11) is 0. The number of hydrogen-bond donors (Lipinski definition) is 0. The quantitative estimate of drug-likeness (QED) is 0.169. The van der Waals surface area contributed by atoms with Gasteiger partial charge >= 0.3 is 0 Å². The number of hydrogen-bond acceptors (Lipinski definition) is 1. The molecule has 0 N–H and O–H groups in total. The molecule has 0 radical (unpaired) electrons. The van der Waals surface area contributed by atoms with Crippen LogP contribution in [0.4, 0.5) is 17.1 Å². The van der Waals surface area contributed by atoms with E-state index in [0.29, 0.717) is 0 Å². The average Bonchev–Trinajstić information content (AvgIpc) is 3.54. The van der Waals surface area contributed by atoms with Gasteiger partial charge < -0.3 is 9.47 Å². The van der Waals surface area contributed by atoms with Crippen molar-refractivity contribution >= 4 is 38.9 Å². The monoisotopic (exact) mass is 638 g/mol. The number of fused-ring (bicyclic) bond motifs is 3. The largest absolute Gasteiger partial charge is 0.310 e. The summed E-state index contributed by atoms with van der Waals surface area (Å²) in [6.07, 6.45) is 0. The van der Waals surface area contributed by atoms with Crippen LogP contribution in [0.15, 0.2) is 206 Å². The van der Waals surface area contributed by atoms with Crippen LogP contribution in [0.1, 0.15) is 0 Å². The Morgan fingerprint density at radius 1 is 0.300 bits per heavy atom. The van der Waals surface area contributed by atoms with E-state index in [-0.39, 0.29) is 0 Å². The van der Waals surface area contributed by atoms with Crippen LogP contribution in [-0.4, -0.2) is 4.57 Å². The third-order valence-corrected chi connectivity index (χ3v) is 9.59. The van der Waals surface area contributed by atoms with Crippen LogP contribution < -0.4 is 4.90 Å². The van der Waals surface area contributed by atoms with Gasteiger partial charge in [0.1, 0.15) is 0 Å². The summed E-state index contributed by atoms with van der Waals surface area (Å²) >= 11 is 0. The highest BCUT2D eigenvalue weighted by atomic mass is 15.1. The average molecular weight is 639 g/mol. The lowest BCUT2D eigenvalue weighted by Crippen LogP contribution is -2.10. The first kappa shape index (κ1) is 29.5. The Morgan fingerprint density at radius 2 is 0.800 bits per heavy atom. The molecule has 0 aliphatic carbocycles. The zero-order chi connectivity index (χ0) is 33.3. The molecule has 0 aliphatic heterocycles. The zero-order valence-electron chi connectivity index (χ0n) is 27.5. The van der Waals surface area contributed by atoms with Gasteiger partial charge in [-0.2, -0.15) is 0 Å². The molecule has 0 atom stereocenters. The number of para-hydroxylation sites is 3. The highest BCUT2D eigenvalue weighted by molar-refractivity contribution is 6.09. The van der Waals surface area contributed by atoms with E-state index in [4.69, 9.17) is 0 Å². The van der Waals surface area contributed by atoms with Gasteiger partial charge in [-0.25, -0.2) is 0 Å². The number of nitrogens with zero attached hydrogens (tertiary/aromatic N) is 2. The highest BCUT2D eigenvalue weighted by Gasteiger charge is 2.17. The minimum atomic E-state index is 1.10. The predicted octanol–water partition coefficient (Wildman–Crippen LogP) is 13.3. The third-order valence-electron chi connectivity index (χ3n) is 9.59. The Balaban J connectivity index is 1.13. The second-order valence-electron chi connectivity index (χ2n) is 12.6. The SMILES string of the molecule is c1ccc(-c2ccc(N(c3ccccc3)c3ccc(-c4cccc(-n5c6ccccc6c6ccccc65)c4)cc3)cc2-c2ccccc2)cc1. The van der Waals surface area contributed by atoms with Crippen molar-refractivity contribution in [2.45, 2.75) is 0 Å². The molecular formula is C48H34N2. The predicted molar refractivity (Wildman–Crippen MR) is 212 cm³/mol. The molecule has 0 amide bonds. The molecule has 0 bridgehead atoms. The Labute approximate surface area is 292 Å². The van der Waals surface area contributed by atoms with Crippen LogP contribution in [0, 0.1) is 0 Å². The zero-order valence-corrected chi connectivity index (χ0v) is 27.5. The standard InChI is InChI=1S/C48H34N2/c1-4-15-36(16-5-1)43-32-31-42(34-46(43)37-17-6-2-7-18-37)49(39-20-8-3-9-21-39)40-29-27-35(28-30-40)38-19-14-22-41(33-38)50-47-25-12-10-23-44(47)45-24-11-13-26-48(45)50/h1-34H. The molecule has 50 heavy (non-hydrogen) atoms. The van der Waals surface area contributed by atoms with Crippen molar-refractivity contribution in [3.63, 3.8) is 0 Å². The van der Waals surface area contributed by atoms with Crippen molar-refractivity contribution in [2.75, 3.05) is 4.90 Å². The lowest BCUT2D eigenvalue weighted by Gasteiger charge is -2.27. The van der Waals surface area contributed by atoms with Crippen molar-refractivity contribution in [1.82, 2.24) is 4.57 Å². The van der Waals surface area contributed by atoms with Gasteiger partial charge in [0.2, 0.25) is 0 Å². The number of benzene rings is 8. The van der Waals surface area contributed by atoms with Gasteiger partial charge in [0, 0.05) is 33.5 Å². The smallest absolute Gasteiger partial charge is 0.0541 e. The second kappa shape index (κ2) is 12.8. The fourth-order valence-corrected chi connectivity index (χ4v) is 7.25. The molecule has 0 saturated heterocycles. The first-order chi connectivity index (χ1) is 24.8. The number of aromatic nitrogens is 1. The second-order valence-corrected chi connectivity index (χ2v) is 12.6. The van der Waals surface area contributed by atoms with Gasteiger partial charge in [-0.15, -0.1) is 0 Å². The molecule has 1 heterocycles. The molecular weight excluding hydrogens is 605 g/mol. The highest BCUT2D eigenvalue weighted by Crippen LogP contribution is 2.41. The van der Waals surface area contributed by atoms with E-state index in [2.05, 4.69) is 216 Å². The Hall–Kier alpha value is -6.64. The van der Waals surface area contributed by atoms with Crippen LogP contribution in [-0.2, 0) is 0 Å². The first-order valence-electron chi connectivity index (χ1n) is 17.1. The summed E-state index contributed by atoms with van der Waals surface area (Å²) < 4.78 is 2.38. The Morgan fingerprint density at radius 3 is 1.44 bits per heavy atom. The molecule has 2 heteroatoms. The summed E-state index contributed by atoms with van der Waals surface area (Å²) in [6.45, 7) is 0. The minimum Gasteiger partial charge on any atom is -0.310 e. The summed E-state index contributed by atoms with van der Waals surface area (Å²) in [5, 5.41) is 2.54. The number of rotatable bonds is 7. The topological polar surface area (TPSA) is 8.17 Å². The van der Waals surface area contributed by atoms with E-state index in [1.807, 2.05) is 0 Å². The summed E-state index contributed by atoms with van der Waals surface area (Å²) in [6, 6.07) is 74.0. The molecule has 0 aliphatic rings. The van der Waals surface area contributed by atoms with Crippen molar-refractivity contribution < 1.29 is 0 Å². The third kappa shape index (κ3) is 5.34. The Bertz CT molecular complexity index is 2510. The van der Waals surface area contributed by atoms with E-state index < -0.39 is 0 Å². The van der Waals surface area contributed by atoms with Crippen LogP contribution in [0.25, 0.3) is 60.9 Å². The molecule has 0 unspecified atom stereocenters. The van der Waals surface area contributed by atoms with Crippen LogP contribution in [0.2, 0.25) is 0 Å². The van der Waals surface area contributed by atoms with Gasteiger partial charge in [0.15, 0.2) is 0 Å². The van der Waals surface area contributed by atoms with E-state index >= 15 is 0 Å². The summed E-state index contributed by atoms with van der Waals surface area (Å²) in [5.74, 6) is 0. The van der Waals surface area contributed by atoms with Gasteiger partial charge in [0.25, 0.3) is 0 Å². The lowest BCUT2D eigenvalue weighted by atomic mass is 9.93. The van der Waals surface area contributed by atoms with Crippen LogP contribution >= 0.6 is 0 Å². The fraction of sp³-hybridized carbons (Fsp3) is 0. The molecule has 1 aromatic heterocycles. The summed E-state index contributed by atoms with van der Waals surface area (Å²) in [5.41, 5.74) is 14.1. The molecule has 236 valence electrons. The van der Waals surface area contributed by atoms with Gasteiger partial charge in [-0.3, -0.25) is 0 Å². The molecule has 0 fully saturated rings. The lowest BCUT2D eigenvalue weighted by molar-refractivity contribution is 1.18. The van der Waals surface area contributed by atoms with Gasteiger partial charge in [-0.05, 0) is 94.0 Å². The van der Waals surface area contributed by atoms with Crippen molar-refractivity contribution in [3.05, 3.63) is 206 Å². The summed E-state index contributed by atoms with van der Waals surface area (Å²) in [4.78, 5) is 2.35. The van der Waals surface area contributed by atoms with Gasteiger partial charge in [0.05, 0.1) is 11.0 Å². The van der Waals surface area contributed by atoms with E-state index in [1.165, 1.54) is 55.2 Å². The number of anilines is 3. The molecule has 0 spiro atoms. The van der Waals surface area contributed by atoms with Crippen molar-refractivity contribution in [1.29, 1.82) is 0 Å². The van der Waals surface area contributed by atoms with Crippen LogP contribution in [0.5, 0.6) is 0 Å². The fourth-order valence-electron chi connectivity index (χ4n) is 7.25. The maximum Gasteiger partial charge on any atom is 0.0541 e. The van der Waals surface area contributed by atoms with Crippen molar-refractivity contribution in [3.8, 4) is 39.1 Å². The van der Waals surface area contributed by atoms with E-state index in [1.54, 1.807) is 0 Å². The first-order valence-corrected chi connectivity index (χ1v) is 17.1. The van der Waals surface area contributed by atoms with Crippen molar-refractivity contribution in [2.24, 2.45) is 0 Å². The molecule has 9 rings (SSSR count). The van der Waals surface area contributed by atoms with E-state index in [9.17, 15) is 0 Å². The Kier molecular flexibility index (Phi) is 7.53. The molecule has 9 aromatic rings. The van der Waals surface area contributed by atoms with Crippen LogP contribution in [0.3, 0.4) is 0 Å². The molecule has 2 nitrogen and oxygen atoms in total. The normalized spacial score (nSPS) is 11.2. The van der Waals surface area contributed by atoms with Gasteiger partial charge in [-0.1, -0.05) is 146 Å². The van der Waals surface area contributed by atoms with E-state index in [0.717, 1.165) is 22.7 Å². The minimum absolute atomic E-state index is 1.10. The molecule has 0 saturated carbocycles. The molecule has 8 aromatic carbocycles. The maximum atomic E-state index is 2.38. The maximum absolute atomic E-state index is 2.38.